The van der Waals surface area contributed by atoms with E-state index in [-0.39, 0.29) is 5.56 Å². The van der Waals surface area contributed by atoms with E-state index in [9.17, 15) is 4.79 Å². The summed E-state index contributed by atoms with van der Waals surface area (Å²) in [5.41, 5.74) is 0.910. The smallest absolute Gasteiger partial charge is 0.253 e. The molecule has 0 spiro atoms. The van der Waals surface area contributed by atoms with E-state index in [4.69, 9.17) is 23.2 Å². The van der Waals surface area contributed by atoms with Crippen molar-refractivity contribution in [3.63, 3.8) is 0 Å². The van der Waals surface area contributed by atoms with Gasteiger partial charge in [-0.1, -0.05) is 17.7 Å². The summed E-state index contributed by atoms with van der Waals surface area (Å²) in [7, 11) is 1.76. The van der Waals surface area contributed by atoms with Gasteiger partial charge >= 0.3 is 0 Å². The van der Waals surface area contributed by atoms with Crippen LogP contribution >= 0.6 is 23.2 Å². The van der Waals surface area contributed by atoms with E-state index >= 15 is 0 Å². The molecule has 88 valence electrons. The van der Waals surface area contributed by atoms with Crippen LogP contribution in [-0.4, -0.2) is 20.0 Å². The second-order valence-electron chi connectivity index (χ2n) is 3.55. The van der Waals surface area contributed by atoms with Gasteiger partial charge in [-0.25, -0.2) is 9.67 Å². The molecule has 1 aromatic carbocycles. The number of benzene rings is 1. The zero-order valence-corrected chi connectivity index (χ0v) is 10.7. The van der Waals surface area contributed by atoms with Crippen molar-refractivity contribution in [1.29, 1.82) is 0 Å². The Morgan fingerprint density at radius 1 is 1.41 bits per heavy atom. The van der Waals surface area contributed by atoms with Crippen LogP contribution in [0, 0.1) is 6.92 Å². The molecule has 0 radical (unpaired) electrons. The van der Waals surface area contributed by atoms with Crippen molar-refractivity contribution < 1.29 is 4.79 Å². The molecule has 0 aliphatic rings. The van der Waals surface area contributed by atoms with Crippen LogP contribution in [0.25, 0.3) is 11.4 Å². The predicted octanol–water partition coefficient (Wildman–Crippen LogP) is 2.82. The van der Waals surface area contributed by atoms with Crippen LogP contribution in [-0.2, 0) is 7.05 Å². The van der Waals surface area contributed by atoms with Gasteiger partial charge in [0.1, 0.15) is 5.82 Å². The fraction of sp³-hybridized carbons (Fsp3) is 0.182. The summed E-state index contributed by atoms with van der Waals surface area (Å²) >= 11 is 11.6. The minimum Gasteiger partial charge on any atom is -0.276 e. The van der Waals surface area contributed by atoms with Crippen LogP contribution in [0.4, 0.5) is 0 Å². The number of carbonyl (C=O) groups excluding carboxylic acids is 1. The maximum absolute atomic E-state index is 11.2. The SMILES string of the molecule is Cc1nc(-c2cccc(C(=O)Cl)c2Cl)n(C)n1. The molecule has 0 aliphatic heterocycles. The van der Waals surface area contributed by atoms with E-state index < -0.39 is 5.24 Å². The average molecular weight is 270 g/mol. The Morgan fingerprint density at radius 2 is 2.12 bits per heavy atom. The van der Waals surface area contributed by atoms with Crippen LogP contribution in [0.5, 0.6) is 0 Å². The van der Waals surface area contributed by atoms with Gasteiger partial charge in [0, 0.05) is 12.6 Å². The van der Waals surface area contributed by atoms with Gasteiger partial charge in [0.25, 0.3) is 5.24 Å². The lowest BCUT2D eigenvalue weighted by atomic mass is 10.1. The number of aryl methyl sites for hydroxylation is 2. The minimum atomic E-state index is -0.587. The van der Waals surface area contributed by atoms with Gasteiger partial charge in [-0.3, -0.25) is 4.79 Å². The average Bonchev–Trinajstić information content (AvgIpc) is 2.57. The highest BCUT2D eigenvalue weighted by Gasteiger charge is 2.16. The maximum atomic E-state index is 11.2. The lowest BCUT2D eigenvalue weighted by Gasteiger charge is -2.05. The summed E-state index contributed by atoms with van der Waals surface area (Å²) in [4.78, 5) is 15.4. The van der Waals surface area contributed by atoms with Gasteiger partial charge in [0.05, 0.1) is 10.6 Å². The number of hydrogen-bond acceptors (Lipinski definition) is 3. The molecule has 1 aromatic heterocycles. The zero-order chi connectivity index (χ0) is 12.6. The molecule has 2 rings (SSSR count). The summed E-state index contributed by atoms with van der Waals surface area (Å²) in [6.45, 7) is 1.79. The molecule has 0 bridgehead atoms. The lowest BCUT2D eigenvalue weighted by Crippen LogP contribution is -1.98. The second-order valence-corrected chi connectivity index (χ2v) is 4.27. The molecule has 6 heteroatoms. The minimum absolute atomic E-state index is 0.270. The Balaban J connectivity index is 2.64. The highest BCUT2D eigenvalue weighted by Crippen LogP contribution is 2.30. The summed E-state index contributed by atoms with van der Waals surface area (Å²) < 4.78 is 1.61. The quantitative estimate of drug-likeness (QED) is 0.788. The normalized spacial score (nSPS) is 10.6. The Bertz CT molecular complexity index is 592. The molecule has 0 unspecified atom stereocenters. The van der Waals surface area contributed by atoms with Crippen molar-refractivity contribution in [1.82, 2.24) is 14.8 Å². The molecule has 0 fully saturated rings. The molecule has 0 atom stereocenters. The standard InChI is InChI=1S/C11H9Cl2N3O/c1-6-14-11(16(2)15-6)8-5-3-4-7(9(8)12)10(13)17/h3-5H,1-2H3. The molecule has 2 aromatic rings. The van der Waals surface area contributed by atoms with Crippen LogP contribution < -0.4 is 0 Å². The topological polar surface area (TPSA) is 47.8 Å². The zero-order valence-electron chi connectivity index (χ0n) is 9.24. The van der Waals surface area contributed by atoms with Gasteiger partial charge in [-0.05, 0) is 30.7 Å². The fourth-order valence-corrected chi connectivity index (χ4v) is 2.11. The van der Waals surface area contributed by atoms with Crippen LogP contribution in [0.1, 0.15) is 16.2 Å². The van der Waals surface area contributed by atoms with Gasteiger partial charge < -0.3 is 0 Å². The summed E-state index contributed by atoms with van der Waals surface area (Å²) in [5, 5.41) is 3.84. The van der Waals surface area contributed by atoms with Crippen molar-refractivity contribution in [2.75, 3.05) is 0 Å². The van der Waals surface area contributed by atoms with E-state index in [1.54, 1.807) is 36.9 Å². The maximum Gasteiger partial charge on any atom is 0.253 e. The molecular formula is C11H9Cl2N3O. The summed E-state index contributed by atoms with van der Waals surface area (Å²) in [6.07, 6.45) is 0. The summed E-state index contributed by atoms with van der Waals surface area (Å²) in [6, 6.07) is 5.06. The largest absolute Gasteiger partial charge is 0.276 e. The van der Waals surface area contributed by atoms with Crippen LogP contribution in [0.3, 0.4) is 0 Å². The third-order valence-corrected chi connectivity index (χ3v) is 2.93. The molecule has 4 nitrogen and oxygen atoms in total. The molecule has 0 saturated carbocycles. The highest BCUT2D eigenvalue weighted by molar-refractivity contribution is 6.68. The van der Waals surface area contributed by atoms with Gasteiger partial charge in [-0.15, -0.1) is 0 Å². The molecule has 0 N–H and O–H groups in total. The monoisotopic (exact) mass is 269 g/mol. The molecule has 0 aliphatic carbocycles. The van der Waals surface area contributed by atoms with Crippen molar-refractivity contribution in [2.24, 2.45) is 7.05 Å². The Morgan fingerprint density at radius 3 is 2.65 bits per heavy atom. The number of rotatable bonds is 2. The van der Waals surface area contributed by atoms with Crippen LogP contribution in [0.2, 0.25) is 5.02 Å². The number of hydrogen-bond donors (Lipinski definition) is 0. The predicted molar refractivity (Wildman–Crippen MR) is 66.4 cm³/mol. The van der Waals surface area contributed by atoms with E-state index in [0.29, 0.717) is 22.2 Å². The van der Waals surface area contributed by atoms with Crippen LogP contribution in [0.15, 0.2) is 18.2 Å². The third-order valence-electron chi connectivity index (χ3n) is 2.32. The van der Waals surface area contributed by atoms with Gasteiger partial charge in [0.15, 0.2) is 5.82 Å². The lowest BCUT2D eigenvalue weighted by molar-refractivity contribution is 0.108. The molecular weight excluding hydrogens is 261 g/mol. The first-order valence-corrected chi connectivity index (χ1v) is 5.62. The number of carbonyl (C=O) groups is 1. The molecule has 17 heavy (non-hydrogen) atoms. The van der Waals surface area contributed by atoms with Gasteiger partial charge in [0.2, 0.25) is 0 Å². The van der Waals surface area contributed by atoms with Gasteiger partial charge in [-0.2, -0.15) is 5.10 Å². The van der Waals surface area contributed by atoms with Crippen molar-refractivity contribution in [2.45, 2.75) is 6.92 Å². The van der Waals surface area contributed by atoms with E-state index in [2.05, 4.69) is 10.1 Å². The number of nitrogens with zero attached hydrogens (tertiary/aromatic N) is 3. The third kappa shape index (κ3) is 2.18. The molecule has 0 amide bonds. The summed E-state index contributed by atoms with van der Waals surface area (Å²) in [5.74, 6) is 1.24. The Labute approximate surface area is 108 Å². The van der Waals surface area contributed by atoms with E-state index in [1.807, 2.05) is 0 Å². The first-order valence-electron chi connectivity index (χ1n) is 4.87. The molecule has 1 heterocycles. The van der Waals surface area contributed by atoms with E-state index in [0.717, 1.165) is 0 Å². The Hall–Kier alpha value is -1.39. The van der Waals surface area contributed by atoms with Crippen molar-refractivity contribution in [3.8, 4) is 11.4 Å². The first kappa shape index (κ1) is 12.1. The highest BCUT2D eigenvalue weighted by atomic mass is 35.5. The number of halogens is 2. The number of aromatic nitrogens is 3. The van der Waals surface area contributed by atoms with Crippen molar-refractivity contribution in [3.05, 3.63) is 34.6 Å². The second kappa shape index (κ2) is 4.47. The molecule has 0 saturated heterocycles. The van der Waals surface area contributed by atoms with Crippen molar-refractivity contribution >= 4 is 28.4 Å². The fourth-order valence-electron chi connectivity index (χ4n) is 1.60. The first-order chi connectivity index (χ1) is 8.00. The van der Waals surface area contributed by atoms with E-state index in [1.165, 1.54) is 0 Å². The Kier molecular flexibility index (Phi) is 3.17.